The number of phenols is 1. The molecule has 180 valence electrons. The van der Waals surface area contributed by atoms with E-state index in [2.05, 4.69) is 57.2 Å². The molecule has 0 heterocycles. The highest BCUT2D eigenvalue weighted by molar-refractivity contribution is 6.30. The molecular weight excluding hydrogens is 458 g/mol. The van der Waals surface area contributed by atoms with E-state index in [0.717, 1.165) is 5.02 Å². The summed E-state index contributed by atoms with van der Waals surface area (Å²) in [5, 5.41) is 44.4. The Morgan fingerprint density at radius 2 is 1.45 bits per heavy atom. The number of halogens is 1. The molecule has 0 fully saturated rings. The number of nitrogens with one attached hydrogen (secondary N) is 1. The Morgan fingerprint density at radius 1 is 0.970 bits per heavy atom. The lowest BCUT2D eigenvalue weighted by molar-refractivity contribution is -0.404. The molecule has 0 unspecified atom stereocenters. The van der Waals surface area contributed by atoms with Gasteiger partial charge in [0.2, 0.25) is 0 Å². The van der Waals surface area contributed by atoms with E-state index in [1.807, 2.05) is 13.1 Å². The highest BCUT2D eigenvalue weighted by atomic mass is 35.5. The van der Waals surface area contributed by atoms with Crippen molar-refractivity contribution in [3.63, 3.8) is 0 Å². The summed E-state index contributed by atoms with van der Waals surface area (Å²) in [6.07, 6.45) is 0. The van der Waals surface area contributed by atoms with Crippen LogP contribution in [0, 0.1) is 35.8 Å². The zero-order valence-electron chi connectivity index (χ0n) is 19.0. The van der Waals surface area contributed by atoms with Gasteiger partial charge in [0.05, 0.1) is 26.9 Å². The van der Waals surface area contributed by atoms with E-state index in [4.69, 9.17) is 16.7 Å². The third-order valence-corrected chi connectivity index (χ3v) is 4.83. The van der Waals surface area contributed by atoms with Crippen molar-refractivity contribution in [2.75, 3.05) is 26.0 Å². The highest BCUT2D eigenvalue weighted by Crippen LogP contribution is 2.39. The number of anilines is 1. The van der Waals surface area contributed by atoms with Crippen LogP contribution in [-0.4, -0.2) is 41.0 Å². The third-order valence-electron chi connectivity index (χ3n) is 4.60. The molecule has 2 N–H and O–H groups in total. The van der Waals surface area contributed by atoms with E-state index in [1.54, 1.807) is 0 Å². The molecule has 0 spiro atoms. The molecule has 0 aliphatic rings. The molecule has 2 rings (SSSR count). The van der Waals surface area contributed by atoms with Crippen LogP contribution in [0.25, 0.3) is 0 Å². The molecule has 0 aromatic heterocycles. The van der Waals surface area contributed by atoms with Crippen LogP contribution in [0.15, 0.2) is 30.3 Å². The number of hydrogen-bond acceptors (Lipinski definition) is 9. The number of nitro benzene ring substituents is 3. The summed E-state index contributed by atoms with van der Waals surface area (Å²) in [4.78, 5) is 29.9. The first kappa shape index (κ1) is 27.5. The first-order valence-corrected chi connectivity index (χ1v) is 9.93. The van der Waals surface area contributed by atoms with Crippen molar-refractivity contribution in [2.45, 2.75) is 26.8 Å². The van der Waals surface area contributed by atoms with Crippen LogP contribution in [0.4, 0.5) is 22.7 Å². The van der Waals surface area contributed by atoms with Gasteiger partial charge in [-0.15, -0.1) is 0 Å². The van der Waals surface area contributed by atoms with Gasteiger partial charge in [0, 0.05) is 30.8 Å². The minimum absolute atomic E-state index is 0.143. The monoisotopic (exact) mass is 483 g/mol. The summed E-state index contributed by atoms with van der Waals surface area (Å²) in [7, 11) is 6.11. The molecule has 0 saturated carbocycles. The first-order valence-electron chi connectivity index (χ1n) is 9.56. The quantitative estimate of drug-likeness (QED) is 0.432. The Bertz CT molecular complexity index is 1020. The standard InChI is InChI=1S/C14H23ClN2.C6H3N3O7/c1-14(2,3)13(16-4)11-9-10(15)7-8-12(11)17(5)6;10-6-4(8(13)14)1-3(7(11)12)2-5(6)9(15)16/h7-9,13,16H,1-6H3;1-2,10H/t13-;/m1./s1. The summed E-state index contributed by atoms with van der Waals surface area (Å²) in [5.74, 6) is -1.21. The smallest absolute Gasteiger partial charge is 0.324 e. The Balaban J connectivity index is 0.000000331. The fourth-order valence-electron chi connectivity index (χ4n) is 3.19. The first-order chi connectivity index (χ1) is 15.1. The Hall–Kier alpha value is -3.51. The van der Waals surface area contributed by atoms with Gasteiger partial charge in [-0.2, -0.15) is 0 Å². The normalized spacial score (nSPS) is 11.7. The second-order valence-corrected chi connectivity index (χ2v) is 8.73. The van der Waals surface area contributed by atoms with Gasteiger partial charge in [0.25, 0.3) is 11.4 Å². The third kappa shape index (κ3) is 6.99. The van der Waals surface area contributed by atoms with Crippen LogP contribution in [0.3, 0.4) is 0 Å². The summed E-state index contributed by atoms with van der Waals surface area (Å²) < 4.78 is 0. The van der Waals surface area contributed by atoms with Crippen LogP contribution in [0.1, 0.15) is 32.4 Å². The minimum Gasteiger partial charge on any atom is -0.497 e. The Kier molecular flexibility index (Phi) is 9.07. The van der Waals surface area contributed by atoms with Gasteiger partial charge in [-0.05, 0) is 36.2 Å². The highest BCUT2D eigenvalue weighted by Gasteiger charge is 2.30. The van der Waals surface area contributed by atoms with E-state index >= 15 is 0 Å². The van der Waals surface area contributed by atoms with Crippen molar-refractivity contribution in [3.05, 3.63) is 71.3 Å². The van der Waals surface area contributed by atoms with Crippen LogP contribution < -0.4 is 10.2 Å². The SMILES string of the molecule is CN[C@H](c1cc(Cl)ccc1N(C)C)C(C)(C)C.O=[N+]([O-])c1cc([N+](=O)[O-])c(O)c([N+](=O)[O-])c1. The molecule has 0 aliphatic carbocycles. The van der Waals surface area contributed by atoms with E-state index in [0.29, 0.717) is 12.1 Å². The summed E-state index contributed by atoms with van der Waals surface area (Å²) in [6.45, 7) is 6.69. The summed E-state index contributed by atoms with van der Waals surface area (Å²) >= 11 is 6.13. The summed E-state index contributed by atoms with van der Waals surface area (Å²) in [5.41, 5.74) is -0.399. The van der Waals surface area contributed by atoms with Gasteiger partial charge in [0.1, 0.15) is 0 Å². The van der Waals surface area contributed by atoms with E-state index in [9.17, 15) is 30.3 Å². The minimum atomic E-state index is -1.21. The van der Waals surface area contributed by atoms with Crippen molar-refractivity contribution >= 4 is 34.4 Å². The number of hydrogen-bond donors (Lipinski definition) is 2. The second kappa shape index (κ2) is 10.9. The van der Waals surface area contributed by atoms with Gasteiger partial charge in [-0.3, -0.25) is 30.3 Å². The molecular formula is C20H26ClN5O7. The molecule has 0 amide bonds. The average Bonchev–Trinajstić information content (AvgIpc) is 2.67. The maximum absolute atomic E-state index is 10.4. The van der Waals surface area contributed by atoms with E-state index in [1.165, 1.54) is 11.3 Å². The fourth-order valence-corrected chi connectivity index (χ4v) is 3.37. The van der Waals surface area contributed by atoms with Gasteiger partial charge >= 0.3 is 11.4 Å². The predicted octanol–water partition coefficient (Wildman–Crippen LogP) is 4.83. The topological polar surface area (TPSA) is 165 Å². The van der Waals surface area contributed by atoms with Crippen molar-refractivity contribution in [1.29, 1.82) is 0 Å². The number of nitro groups is 3. The van der Waals surface area contributed by atoms with Crippen molar-refractivity contribution in [1.82, 2.24) is 5.32 Å². The number of rotatable bonds is 6. The van der Waals surface area contributed by atoms with Crippen LogP contribution in [0.5, 0.6) is 5.75 Å². The number of phenolic OH excluding ortho intramolecular Hbond substituents is 1. The molecule has 12 nitrogen and oxygen atoms in total. The second-order valence-electron chi connectivity index (χ2n) is 8.29. The molecule has 0 saturated heterocycles. The lowest BCUT2D eigenvalue weighted by Gasteiger charge is -2.33. The molecule has 2 aromatic rings. The maximum Gasteiger partial charge on any atom is 0.324 e. The zero-order chi connectivity index (χ0) is 25.7. The van der Waals surface area contributed by atoms with Gasteiger partial charge in [0.15, 0.2) is 0 Å². The molecule has 0 aliphatic heterocycles. The van der Waals surface area contributed by atoms with Crippen molar-refractivity contribution < 1.29 is 19.9 Å². The van der Waals surface area contributed by atoms with Gasteiger partial charge in [-0.1, -0.05) is 32.4 Å². The predicted molar refractivity (Wildman–Crippen MR) is 125 cm³/mol. The molecule has 33 heavy (non-hydrogen) atoms. The largest absolute Gasteiger partial charge is 0.497 e. The molecule has 0 radical (unpaired) electrons. The maximum atomic E-state index is 10.4. The molecule has 2 aromatic carbocycles. The molecule has 1 atom stereocenters. The van der Waals surface area contributed by atoms with Crippen LogP contribution >= 0.6 is 11.6 Å². The van der Waals surface area contributed by atoms with Crippen LogP contribution in [-0.2, 0) is 0 Å². The number of aromatic hydroxyl groups is 1. The lowest BCUT2D eigenvalue weighted by atomic mass is 9.81. The number of benzene rings is 2. The number of nitrogens with zero attached hydrogens (tertiary/aromatic N) is 4. The lowest BCUT2D eigenvalue weighted by Crippen LogP contribution is -2.31. The summed E-state index contributed by atoms with van der Waals surface area (Å²) in [6, 6.07) is 7.25. The Morgan fingerprint density at radius 3 is 1.79 bits per heavy atom. The van der Waals surface area contributed by atoms with Gasteiger partial charge in [-0.25, -0.2) is 0 Å². The van der Waals surface area contributed by atoms with Crippen molar-refractivity contribution in [2.24, 2.45) is 5.41 Å². The fraction of sp³-hybridized carbons (Fsp3) is 0.400. The zero-order valence-corrected chi connectivity index (χ0v) is 19.8. The average molecular weight is 484 g/mol. The van der Waals surface area contributed by atoms with E-state index in [-0.39, 0.29) is 11.5 Å². The molecule has 13 heteroatoms. The molecule has 0 bridgehead atoms. The van der Waals surface area contributed by atoms with Crippen molar-refractivity contribution in [3.8, 4) is 5.75 Å². The Labute approximate surface area is 195 Å². The van der Waals surface area contributed by atoms with Gasteiger partial charge < -0.3 is 15.3 Å². The van der Waals surface area contributed by atoms with E-state index < -0.39 is 37.6 Å². The van der Waals surface area contributed by atoms with Crippen LogP contribution in [0.2, 0.25) is 5.02 Å². The number of non-ortho nitro benzene ring substituents is 1.